The van der Waals surface area contributed by atoms with Crippen molar-refractivity contribution in [2.24, 2.45) is 5.41 Å². The number of carbonyl (C=O) groups excluding carboxylic acids is 2. The van der Waals surface area contributed by atoms with Crippen molar-refractivity contribution < 1.29 is 23.9 Å². The van der Waals surface area contributed by atoms with Crippen LogP contribution in [0.15, 0.2) is 12.1 Å². The molecular weight excluding hydrogens is 279 g/mol. The summed E-state index contributed by atoms with van der Waals surface area (Å²) in [5, 5.41) is 13.9. The fourth-order valence-electron chi connectivity index (χ4n) is 2.40. The van der Waals surface area contributed by atoms with Gasteiger partial charge in [0.2, 0.25) is 11.8 Å². The first kappa shape index (κ1) is 13.5. The molecule has 1 heterocycles. The van der Waals surface area contributed by atoms with Crippen LogP contribution in [-0.4, -0.2) is 22.9 Å². The number of amides is 2. The lowest BCUT2D eigenvalue weighted by Gasteiger charge is -2.19. The van der Waals surface area contributed by atoms with Crippen molar-refractivity contribution in [3.63, 3.8) is 0 Å². The largest absolute Gasteiger partial charge is 0.480 e. The number of benzene rings is 1. The highest BCUT2D eigenvalue weighted by Gasteiger charge is 2.57. The van der Waals surface area contributed by atoms with Crippen molar-refractivity contribution in [2.45, 2.75) is 25.7 Å². The van der Waals surface area contributed by atoms with Gasteiger partial charge in [0, 0.05) is 12.1 Å². The third kappa shape index (κ3) is 2.24. The van der Waals surface area contributed by atoms with E-state index < -0.39 is 23.1 Å². The van der Waals surface area contributed by atoms with Crippen molar-refractivity contribution in [2.75, 3.05) is 10.6 Å². The molecule has 1 aliphatic carbocycles. The Morgan fingerprint density at radius 1 is 1.29 bits per heavy atom. The number of halogens is 1. The molecule has 0 unspecified atom stereocenters. The smallest absolute Gasteiger partial charge is 0.319 e. The van der Waals surface area contributed by atoms with Gasteiger partial charge in [-0.2, -0.15) is 0 Å². The molecular formula is C14H13FN2O4. The number of fused-ring (bicyclic) bond motifs is 1. The minimum Gasteiger partial charge on any atom is -0.480 e. The molecule has 2 amide bonds. The van der Waals surface area contributed by atoms with Crippen molar-refractivity contribution >= 4 is 29.2 Å². The normalized spacial score (nSPS) is 18.4. The fraction of sp³-hybridized carbons (Fsp3) is 0.357. The van der Waals surface area contributed by atoms with Crippen LogP contribution in [0.2, 0.25) is 0 Å². The third-order valence-corrected chi connectivity index (χ3v) is 3.93. The van der Waals surface area contributed by atoms with Gasteiger partial charge in [-0.05, 0) is 37.0 Å². The first-order chi connectivity index (χ1) is 9.92. The van der Waals surface area contributed by atoms with Crippen LogP contribution in [0, 0.1) is 11.2 Å². The van der Waals surface area contributed by atoms with Crippen LogP contribution >= 0.6 is 0 Å². The van der Waals surface area contributed by atoms with E-state index in [2.05, 4.69) is 10.6 Å². The summed E-state index contributed by atoms with van der Waals surface area (Å²) in [6, 6.07) is 2.59. The van der Waals surface area contributed by atoms with Gasteiger partial charge in [-0.1, -0.05) is 0 Å². The second-order valence-electron chi connectivity index (χ2n) is 5.38. The quantitative estimate of drug-likeness (QED) is 0.736. The van der Waals surface area contributed by atoms with Crippen LogP contribution in [0.4, 0.5) is 15.8 Å². The highest BCUT2D eigenvalue weighted by molar-refractivity contribution is 6.11. The Morgan fingerprint density at radius 3 is 2.62 bits per heavy atom. The first-order valence-corrected chi connectivity index (χ1v) is 6.59. The molecule has 1 fully saturated rings. The second-order valence-corrected chi connectivity index (χ2v) is 5.38. The van der Waals surface area contributed by atoms with Crippen LogP contribution in [0.3, 0.4) is 0 Å². The lowest BCUT2D eigenvalue weighted by Crippen LogP contribution is -2.31. The van der Waals surface area contributed by atoms with Gasteiger partial charge in [-0.25, -0.2) is 4.39 Å². The van der Waals surface area contributed by atoms with E-state index in [1.807, 2.05) is 0 Å². The highest BCUT2D eigenvalue weighted by Crippen LogP contribution is 2.47. The Balaban J connectivity index is 1.85. The van der Waals surface area contributed by atoms with Gasteiger partial charge in [-0.15, -0.1) is 0 Å². The maximum atomic E-state index is 14.0. The third-order valence-electron chi connectivity index (χ3n) is 3.93. The molecule has 21 heavy (non-hydrogen) atoms. The summed E-state index contributed by atoms with van der Waals surface area (Å²) < 4.78 is 14.0. The van der Waals surface area contributed by atoms with Crippen LogP contribution in [0.25, 0.3) is 0 Å². The summed E-state index contributed by atoms with van der Waals surface area (Å²) in [4.78, 5) is 34.3. The number of nitrogens with one attached hydrogen (secondary N) is 2. The fourth-order valence-corrected chi connectivity index (χ4v) is 2.40. The lowest BCUT2D eigenvalue weighted by molar-refractivity contribution is -0.147. The number of hydrogen-bond acceptors (Lipinski definition) is 3. The number of carbonyl (C=O) groups is 3. The molecule has 1 saturated carbocycles. The van der Waals surface area contributed by atoms with Gasteiger partial charge in [0.15, 0.2) is 0 Å². The zero-order chi connectivity index (χ0) is 15.2. The average Bonchev–Trinajstić information content (AvgIpc) is 3.21. The Labute approximate surface area is 119 Å². The maximum Gasteiger partial charge on any atom is 0.319 e. The van der Waals surface area contributed by atoms with Gasteiger partial charge >= 0.3 is 5.97 Å². The highest BCUT2D eigenvalue weighted by atomic mass is 19.1. The number of anilines is 2. The molecule has 2 aliphatic rings. The van der Waals surface area contributed by atoms with Crippen LogP contribution in [0.1, 0.15) is 24.8 Å². The van der Waals surface area contributed by atoms with Crippen LogP contribution in [0.5, 0.6) is 0 Å². The minimum atomic E-state index is -1.42. The van der Waals surface area contributed by atoms with Crippen molar-refractivity contribution in [1.82, 2.24) is 0 Å². The predicted octanol–water partition coefficient (Wildman–Crippen LogP) is 1.51. The van der Waals surface area contributed by atoms with Gasteiger partial charge in [0.1, 0.15) is 11.2 Å². The van der Waals surface area contributed by atoms with Crippen molar-refractivity contribution in [1.29, 1.82) is 0 Å². The average molecular weight is 292 g/mol. The zero-order valence-electron chi connectivity index (χ0n) is 11.0. The molecule has 0 radical (unpaired) electrons. The SMILES string of the molecule is O=C1CCc2cc(NC(=O)C3(C(=O)O)CC3)c(F)cc2N1. The summed E-state index contributed by atoms with van der Waals surface area (Å²) >= 11 is 0. The molecule has 3 rings (SSSR count). The van der Waals surface area contributed by atoms with Crippen LogP contribution < -0.4 is 10.6 Å². The van der Waals surface area contributed by atoms with Gasteiger partial charge in [0.25, 0.3) is 0 Å². The monoisotopic (exact) mass is 292 g/mol. The van der Waals surface area contributed by atoms with Gasteiger partial charge in [0.05, 0.1) is 5.69 Å². The van der Waals surface area contributed by atoms with E-state index in [1.165, 1.54) is 6.07 Å². The Bertz CT molecular complexity index is 667. The Kier molecular flexibility index (Phi) is 2.93. The Morgan fingerprint density at radius 2 is 2.00 bits per heavy atom. The number of rotatable bonds is 3. The van der Waals surface area contributed by atoms with Crippen molar-refractivity contribution in [3.05, 3.63) is 23.5 Å². The van der Waals surface area contributed by atoms with E-state index in [1.54, 1.807) is 0 Å². The molecule has 110 valence electrons. The number of aliphatic carboxylic acids is 1. The molecule has 0 atom stereocenters. The second kappa shape index (κ2) is 4.54. The van der Waals surface area contributed by atoms with Crippen molar-refractivity contribution in [3.8, 4) is 0 Å². The molecule has 0 spiro atoms. The molecule has 0 aromatic heterocycles. The molecule has 0 bridgehead atoms. The molecule has 0 saturated heterocycles. The number of carboxylic acid groups (broad SMARTS) is 1. The lowest BCUT2D eigenvalue weighted by atomic mass is 10.0. The summed E-state index contributed by atoms with van der Waals surface area (Å²) in [7, 11) is 0. The number of aryl methyl sites for hydroxylation is 1. The predicted molar refractivity (Wildman–Crippen MR) is 71.3 cm³/mol. The number of hydrogen-bond donors (Lipinski definition) is 3. The maximum absolute atomic E-state index is 14.0. The molecule has 1 aromatic rings. The zero-order valence-corrected chi connectivity index (χ0v) is 11.0. The Hall–Kier alpha value is -2.44. The van der Waals surface area contributed by atoms with E-state index in [0.717, 1.165) is 6.07 Å². The van der Waals surface area contributed by atoms with E-state index in [0.29, 0.717) is 24.1 Å². The summed E-state index contributed by atoms with van der Waals surface area (Å²) in [5.74, 6) is -2.77. The van der Waals surface area contributed by atoms with E-state index in [4.69, 9.17) is 5.11 Å². The topological polar surface area (TPSA) is 95.5 Å². The summed E-state index contributed by atoms with van der Waals surface area (Å²) in [6.07, 6.45) is 1.27. The molecule has 6 nitrogen and oxygen atoms in total. The summed E-state index contributed by atoms with van der Waals surface area (Å²) in [6.45, 7) is 0. The van der Waals surface area contributed by atoms with Gasteiger partial charge < -0.3 is 15.7 Å². The van der Waals surface area contributed by atoms with Gasteiger partial charge in [-0.3, -0.25) is 14.4 Å². The molecule has 1 aliphatic heterocycles. The standard InChI is InChI=1S/C14H13FN2O4/c15-8-6-9-7(1-2-11(18)16-9)5-10(8)17-12(19)14(3-4-14)13(20)21/h5-6H,1-4H2,(H,16,18)(H,17,19)(H,20,21). The number of carboxylic acids is 1. The molecule has 1 aromatic carbocycles. The van der Waals surface area contributed by atoms with E-state index in [-0.39, 0.29) is 24.4 Å². The molecule has 7 heteroatoms. The van der Waals surface area contributed by atoms with E-state index >= 15 is 0 Å². The summed E-state index contributed by atoms with van der Waals surface area (Å²) in [5.41, 5.74) is -0.369. The van der Waals surface area contributed by atoms with Crippen LogP contribution in [-0.2, 0) is 20.8 Å². The minimum absolute atomic E-state index is 0.0533. The first-order valence-electron chi connectivity index (χ1n) is 6.59. The van der Waals surface area contributed by atoms with E-state index in [9.17, 15) is 18.8 Å². The molecule has 3 N–H and O–H groups in total.